The summed E-state index contributed by atoms with van der Waals surface area (Å²) in [5.74, 6) is -0.404. The maximum absolute atomic E-state index is 11.4. The van der Waals surface area contributed by atoms with Gasteiger partial charge in [-0.2, -0.15) is 4.94 Å². The summed E-state index contributed by atoms with van der Waals surface area (Å²) in [4.78, 5) is 27.5. The molecule has 1 unspecified atom stereocenters. The van der Waals surface area contributed by atoms with Crippen molar-refractivity contribution in [3.05, 3.63) is 23.8 Å². The van der Waals surface area contributed by atoms with Gasteiger partial charge in [-0.1, -0.05) is 6.07 Å². The van der Waals surface area contributed by atoms with Crippen LogP contribution < -0.4 is 16.3 Å². The van der Waals surface area contributed by atoms with Gasteiger partial charge >= 0.3 is 5.97 Å². The molecule has 2 rings (SSSR count). The summed E-state index contributed by atoms with van der Waals surface area (Å²) in [6, 6.07) is 5.11. The van der Waals surface area contributed by atoms with Crippen molar-refractivity contribution in [2.24, 2.45) is 5.73 Å². The number of nitrogens with one attached hydrogen (secondary N) is 1. The van der Waals surface area contributed by atoms with Crippen LogP contribution in [-0.2, 0) is 14.5 Å². The minimum absolute atomic E-state index is 0.0136. The summed E-state index contributed by atoms with van der Waals surface area (Å²) in [6.45, 7) is 2.03. The van der Waals surface area contributed by atoms with Gasteiger partial charge in [0.05, 0.1) is 24.4 Å². The number of aldehydes is 1. The average Bonchev–Trinajstić information content (AvgIpc) is 2.82. The van der Waals surface area contributed by atoms with Crippen molar-refractivity contribution < 1.29 is 19.3 Å². The van der Waals surface area contributed by atoms with Crippen LogP contribution in [0.1, 0.15) is 23.7 Å². The van der Waals surface area contributed by atoms with Gasteiger partial charge in [0.25, 0.3) is 0 Å². The van der Waals surface area contributed by atoms with Crippen molar-refractivity contribution in [1.82, 2.24) is 0 Å². The normalized spacial score (nSPS) is 14.5. The quantitative estimate of drug-likeness (QED) is 0.601. The maximum atomic E-state index is 11.4. The molecule has 0 bridgehead atoms. The molecule has 1 aliphatic rings. The van der Waals surface area contributed by atoms with Gasteiger partial charge in [-0.05, 0) is 19.1 Å². The Labute approximate surface area is 110 Å². The van der Waals surface area contributed by atoms with E-state index in [-0.39, 0.29) is 6.42 Å². The van der Waals surface area contributed by atoms with Gasteiger partial charge in [0.2, 0.25) is 0 Å². The first-order chi connectivity index (χ1) is 9.17. The summed E-state index contributed by atoms with van der Waals surface area (Å²) in [6.07, 6.45) is 0.00486. The number of hydrogen-bond donors (Lipinski definition) is 2. The average molecular weight is 265 g/mol. The first kappa shape index (κ1) is 13.3. The topological polar surface area (TPSA) is 93.9 Å². The molecule has 0 aromatic heterocycles. The van der Waals surface area contributed by atoms with Crippen molar-refractivity contribution in [1.29, 1.82) is 0 Å². The fraction of sp³-hybridized carbons (Fsp3) is 0.333. The number of benzene rings is 1. The fourth-order valence-electron chi connectivity index (χ4n) is 1.81. The number of carbonyl (C=O) groups is 2. The SMILES string of the molecule is CCOC(=O)CC(N)N1ONc2c(C=O)cccc21. The Morgan fingerprint density at radius 3 is 3.11 bits per heavy atom. The van der Waals surface area contributed by atoms with E-state index in [1.165, 1.54) is 5.06 Å². The van der Waals surface area contributed by atoms with Crippen LogP contribution in [0.5, 0.6) is 0 Å². The Kier molecular flexibility index (Phi) is 3.98. The molecule has 1 aliphatic heterocycles. The predicted octanol–water partition coefficient (Wildman–Crippen LogP) is 0.816. The molecule has 0 spiro atoms. The Morgan fingerprint density at radius 2 is 2.42 bits per heavy atom. The van der Waals surface area contributed by atoms with Crippen molar-refractivity contribution in [3.8, 4) is 0 Å². The molecule has 1 aromatic carbocycles. The van der Waals surface area contributed by atoms with E-state index in [1.54, 1.807) is 25.1 Å². The largest absolute Gasteiger partial charge is 0.466 e. The first-order valence-corrected chi connectivity index (χ1v) is 5.89. The highest BCUT2D eigenvalue weighted by atomic mass is 16.8. The molecular formula is C12H15N3O4. The number of fused-ring (bicyclic) bond motifs is 1. The Balaban J connectivity index is 2.13. The van der Waals surface area contributed by atoms with Gasteiger partial charge in [0, 0.05) is 5.56 Å². The number of para-hydroxylation sites is 1. The second kappa shape index (κ2) is 5.68. The van der Waals surface area contributed by atoms with Gasteiger partial charge in [-0.15, -0.1) is 0 Å². The number of ether oxygens (including phenoxy) is 1. The van der Waals surface area contributed by atoms with Crippen molar-refractivity contribution in [2.45, 2.75) is 19.5 Å². The molecule has 102 valence electrons. The van der Waals surface area contributed by atoms with Gasteiger partial charge in [0.1, 0.15) is 6.17 Å². The highest BCUT2D eigenvalue weighted by Crippen LogP contribution is 2.35. The number of nitrogens with two attached hydrogens (primary N) is 1. The number of carbonyl (C=O) groups excluding carboxylic acids is 2. The second-order valence-corrected chi connectivity index (χ2v) is 3.95. The number of hydrogen-bond acceptors (Lipinski definition) is 7. The molecule has 1 heterocycles. The fourth-order valence-corrected chi connectivity index (χ4v) is 1.81. The minimum atomic E-state index is -0.699. The van der Waals surface area contributed by atoms with E-state index in [0.717, 1.165) is 6.29 Å². The van der Waals surface area contributed by atoms with Crippen molar-refractivity contribution in [2.75, 3.05) is 17.2 Å². The van der Waals surface area contributed by atoms with Crippen molar-refractivity contribution >= 4 is 23.6 Å². The monoisotopic (exact) mass is 265 g/mol. The number of anilines is 2. The second-order valence-electron chi connectivity index (χ2n) is 3.95. The maximum Gasteiger partial charge on any atom is 0.309 e. The van der Waals surface area contributed by atoms with Crippen LogP contribution in [-0.4, -0.2) is 25.0 Å². The predicted molar refractivity (Wildman–Crippen MR) is 68.2 cm³/mol. The lowest BCUT2D eigenvalue weighted by molar-refractivity contribution is -0.143. The molecule has 0 radical (unpaired) electrons. The highest BCUT2D eigenvalue weighted by molar-refractivity contribution is 5.91. The van der Waals surface area contributed by atoms with E-state index < -0.39 is 12.1 Å². The third-order valence-corrected chi connectivity index (χ3v) is 2.67. The molecule has 1 atom stereocenters. The third kappa shape index (κ3) is 2.67. The minimum Gasteiger partial charge on any atom is -0.466 e. The van der Waals surface area contributed by atoms with Gasteiger partial charge in [0.15, 0.2) is 6.29 Å². The molecule has 3 N–H and O–H groups in total. The molecular weight excluding hydrogens is 250 g/mol. The van der Waals surface area contributed by atoms with E-state index in [0.29, 0.717) is 23.5 Å². The van der Waals surface area contributed by atoms with E-state index in [4.69, 9.17) is 15.4 Å². The lowest BCUT2D eigenvalue weighted by atomic mass is 10.1. The molecule has 19 heavy (non-hydrogen) atoms. The number of esters is 1. The molecule has 7 nitrogen and oxygen atoms in total. The first-order valence-electron chi connectivity index (χ1n) is 5.89. The van der Waals surface area contributed by atoms with Crippen molar-refractivity contribution in [3.63, 3.8) is 0 Å². The number of hydroxylamine groups is 1. The zero-order valence-electron chi connectivity index (χ0n) is 10.5. The highest BCUT2D eigenvalue weighted by Gasteiger charge is 2.28. The van der Waals surface area contributed by atoms with Gasteiger partial charge < -0.3 is 10.5 Å². The van der Waals surface area contributed by atoms with E-state index in [9.17, 15) is 9.59 Å². The summed E-state index contributed by atoms with van der Waals surface area (Å²) in [5.41, 5.74) is 10.1. The summed E-state index contributed by atoms with van der Waals surface area (Å²) < 4.78 is 4.83. The standard InChI is InChI=1S/C12H15N3O4/c1-2-18-11(17)6-10(13)15-9-5-3-4-8(7-16)12(9)14-19-15/h3-5,7,10,14H,2,6,13H2,1H3. The van der Waals surface area contributed by atoms with E-state index >= 15 is 0 Å². The Hall–Kier alpha value is -2.12. The van der Waals surface area contributed by atoms with Gasteiger partial charge in [-0.25, -0.2) is 10.5 Å². The van der Waals surface area contributed by atoms with Crippen LogP contribution in [0.3, 0.4) is 0 Å². The Morgan fingerprint density at radius 1 is 1.63 bits per heavy atom. The molecule has 7 heteroatoms. The van der Waals surface area contributed by atoms with Crippen LogP contribution >= 0.6 is 0 Å². The van der Waals surface area contributed by atoms with Crippen LogP contribution in [0.4, 0.5) is 11.4 Å². The van der Waals surface area contributed by atoms with Gasteiger partial charge in [-0.3, -0.25) is 9.59 Å². The zero-order valence-corrected chi connectivity index (χ0v) is 10.5. The number of rotatable bonds is 5. The zero-order chi connectivity index (χ0) is 13.8. The van der Waals surface area contributed by atoms with E-state index in [2.05, 4.69) is 5.48 Å². The van der Waals surface area contributed by atoms with Crippen LogP contribution in [0.15, 0.2) is 18.2 Å². The number of nitrogens with zero attached hydrogens (tertiary/aromatic N) is 1. The molecule has 0 saturated heterocycles. The molecule has 0 saturated carbocycles. The summed E-state index contributed by atoms with van der Waals surface area (Å²) >= 11 is 0. The smallest absolute Gasteiger partial charge is 0.309 e. The lowest BCUT2D eigenvalue weighted by Gasteiger charge is -2.22. The Bertz CT molecular complexity index is 492. The van der Waals surface area contributed by atoms with Crippen LogP contribution in [0.2, 0.25) is 0 Å². The molecule has 0 aliphatic carbocycles. The summed E-state index contributed by atoms with van der Waals surface area (Å²) in [5, 5.41) is 1.35. The molecule has 1 aromatic rings. The third-order valence-electron chi connectivity index (χ3n) is 2.67. The molecule has 0 amide bonds. The summed E-state index contributed by atoms with van der Waals surface area (Å²) in [7, 11) is 0. The van der Waals surface area contributed by atoms with Crippen LogP contribution in [0.25, 0.3) is 0 Å². The lowest BCUT2D eigenvalue weighted by Crippen LogP contribution is -2.42. The van der Waals surface area contributed by atoms with E-state index in [1.807, 2.05) is 0 Å². The molecule has 0 fully saturated rings. The van der Waals surface area contributed by atoms with Crippen LogP contribution in [0, 0.1) is 0 Å².